The summed E-state index contributed by atoms with van der Waals surface area (Å²) in [7, 11) is 0. The molecule has 1 aromatic carbocycles. The van der Waals surface area contributed by atoms with Crippen LogP contribution in [0.1, 0.15) is 66.3 Å². The van der Waals surface area contributed by atoms with Crippen molar-refractivity contribution in [1.29, 1.82) is 0 Å². The fourth-order valence-electron chi connectivity index (χ4n) is 2.10. The second-order valence-corrected chi connectivity index (χ2v) is 4.76. The Hall–Kier alpha value is -1.84. The molecule has 0 atom stereocenters. The van der Waals surface area contributed by atoms with Gasteiger partial charge in [0.2, 0.25) is 0 Å². The summed E-state index contributed by atoms with van der Waals surface area (Å²) >= 11 is 0. The van der Waals surface area contributed by atoms with Crippen molar-refractivity contribution in [2.24, 2.45) is 0 Å². The van der Waals surface area contributed by atoms with Crippen LogP contribution in [0, 0.1) is 0 Å². The Morgan fingerprint density at radius 1 is 1.00 bits per heavy atom. The van der Waals surface area contributed by atoms with Crippen LogP contribution >= 0.6 is 0 Å². The van der Waals surface area contributed by atoms with Gasteiger partial charge in [-0.15, -0.1) is 0 Å². The molecule has 0 aromatic heterocycles. The van der Waals surface area contributed by atoms with Gasteiger partial charge in [0.15, 0.2) is 0 Å². The minimum atomic E-state index is -0.463. The summed E-state index contributed by atoms with van der Waals surface area (Å²) in [5.41, 5.74) is 1.43. The number of benzene rings is 1. The fourth-order valence-corrected chi connectivity index (χ4v) is 2.10. The summed E-state index contributed by atoms with van der Waals surface area (Å²) in [6.07, 6.45) is 3.58. The van der Waals surface area contributed by atoms with E-state index in [2.05, 4.69) is 6.92 Å². The van der Waals surface area contributed by atoms with E-state index in [1.165, 1.54) is 0 Å². The summed E-state index contributed by atoms with van der Waals surface area (Å²) in [6, 6.07) is 5.22. The smallest absolute Gasteiger partial charge is 0.339 e. The van der Waals surface area contributed by atoms with E-state index in [4.69, 9.17) is 9.47 Å². The second-order valence-electron chi connectivity index (χ2n) is 4.76. The molecule has 0 aliphatic carbocycles. The van der Waals surface area contributed by atoms with Crippen molar-refractivity contribution in [1.82, 2.24) is 0 Å². The fraction of sp³-hybridized carbons (Fsp3) is 0.529. The van der Waals surface area contributed by atoms with Crippen molar-refractivity contribution in [2.45, 2.75) is 46.5 Å². The Bertz CT molecular complexity index is 480. The van der Waals surface area contributed by atoms with Gasteiger partial charge in [0, 0.05) is 0 Å². The second kappa shape index (κ2) is 9.16. The molecule has 0 aliphatic heterocycles. The van der Waals surface area contributed by atoms with Crippen LogP contribution in [0.25, 0.3) is 0 Å². The van der Waals surface area contributed by atoms with Crippen LogP contribution in [0.15, 0.2) is 18.2 Å². The van der Waals surface area contributed by atoms with Crippen LogP contribution in [0.5, 0.6) is 0 Å². The van der Waals surface area contributed by atoms with Crippen molar-refractivity contribution in [2.75, 3.05) is 13.2 Å². The van der Waals surface area contributed by atoms with Crippen molar-refractivity contribution >= 4 is 11.9 Å². The third-order valence-electron chi connectivity index (χ3n) is 3.21. The molecule has 0 radical (unpaired) electrons. The lowest BCUT2D eigenvalue weighted by Crippen LogP contribution is -2.16. The maximum atomic E-state index is 12.2. The number of ether oxygens (including phenoxy) is 2. The van der Waals surface area contributed by atoms with Crippen molar-refractivity contribution in [3.63, 3.8) is 0 Å². The molecule has 4 heteroatoms. The average molecular weight is 292 g/mol. The Morgan fingerprint density at radius 3 is 2.38 bits per heavy atom. The van der Waals surface area contributed by atoms with Gasteiger partial charge < -0.3 is 9.47 Å². The standard InChI is InChI=1S/C17H24O4/c1-4-7-8-12-21-16(18)14-11-9-10-13(5-2)15(14)17(19)20-6-3/h9-11H,4-8,12H2,1-3H3. The van der Waals surface area contributed by atoms with Gasteiger partial charge in [-0.3, -0.25) is 0 Å². The lowest BCUT2D eigenvalue weighted by molar-refractivity contribution is 0.0462. The van der Waals surface area contributed by atoms with Crippen molar-refractivity contribution in [3.05, 3.63) is 34.9 Å². The van der Waals surface area contributed by atoms with E-state index in [1.807, 2.05) is 13.0 Å². The van der Waals surface area contributed by atoms with Crippen LogP contribution in [0.3, 0.4) is 0 Å². The number of esters is 2. The summed E-state index contributed by atoms with van der Waals surface area (Å²) in [4.78, 5) is 24.3. The number of hydrogen-bond donors (Lipinski definition) is 0. The predicted octanol–water partition coefficient (Wildman–Crippen LogP) is 3.77. The van der Waals surface area contributed by atoms with Gasteiger partial charge in [-0.25, -0.2) is 9.59 Å². The van der Waals surface area contributed by atoms with Gasteiger partial charge in [-0.05, 0) is 31.4 Å². The largest absolute Gasteiger partial charge is 0.462 e. The highest BCUT2D eigenvalue weighted by molar-refractivity contribution is 6.04. The quantitative estimate of drug-likeness (QED) is 0.540. The van der Waals surface area contributed by atoms with E-state index in [1.54, 1.807) is 19.1 Å². The van der Waals surface area contributed by atoms with E-state index in [0.29, 0.717) is 24.2 Å². The van der Waals surface area contributed by atoms with Crippen molar-refractivity contribution < 1.29 is 19.1 Å². The van der Waals surface area contributed by atoms with Gasteiger partial charge >= 0.3 is 11.9 Å². The van der Waals surface area contributed by atoms with Crippen LogP contribution < -0.4 is 0 Å². The third-order valence-corrected chi connectivity index (χ3v) is 3.21. The zero-order chi connectivity index (χ0) is 15.7. The minimum Gasteiger partial charge on any atom is -0.462 e. The minimum absolute atomic E-state index is 0.280. The number of rotatable bonds is 8. The lowest BCUT2D eigenvalue weighted by atomic mass is 9.99. The Kier molecular flexibility index (Phi) is 7.51. The van der Waals surface area contributed by atoms with E-state index >= 15 is 0 Å². The van der Waals surface area contributed by atoms with Gasteiger partial charge in [0.1, 0.15) is 0 Å². The molecule has 0 saturated carbocycles. The summed E-state index contributed by atoms with van der Waals surface area (Å²) in [5.74, 6) is -0.917. The molecule has 0 bridgehead atoms. The summed E-state index contributed by atoms with van der Waals surface area (Å²) in [6.45, 7) is 6.43. The van der Waals surface area contributed by atoms with Gasteiger partial charge in [-0.1, -0.05) is 38.8 Å². The monoisotopic (exact) mass is 292 g/mol. The average Bonchev–Trinajstić information content (AvgIpc) is 2.50. The highest BCUT2D eigenvalue weighted by atomic mass is 16.5. The van der Waals surface area contributed by atoms with E-state index in [-0.39, 0.29) is 6.61 Å². The van der Waals surface area contributed by atoms with Crippen LogP contribution in [-0.4, -0.2) is 25.2 Å². The SMILES string of the molecule is CCCCCOC(=O)c1cccc(CC)c1C(=O)OCC. The molecule has 1 aromatic rings. The zero-order valence-electron chi connectivity index (χ0n) is 13.1. The molecule has 0 unspecified atom stereocenters. The predicted molar refractivity (Wildman–Crippen MR) is 81.6 cm³/mol. The Labute approximate surface area is 126 Å². The first-order chi connectivity index (χ1) is 10.2. The van der Waals surface area contributed by atoms with Crippen LogP contribution in [0.4, 0.5) is 0 Å². The molecular formula is C17H24O4. The Balaban J connectivity index is 2.94. The van der Waals surface area contributed by atoms with E-state index < -0.39 is 11.9 Å². The molecule has 0 spiro atoms. The number of unbranched alkanes of at least 4 members (excludes halogenated alkanes) is 2. The summed E-state index contributed by atoms with van der Waals surface area (Å²) < 4.78 is 10.3. The molecule has 4 nitrogen and oxygen atoms in total. The van der Waals surface area contributed by atoms with Gasteiger partial charge in [0.05, 0.1) is 24.3 Å². The lowest BCUT2D eigenvalue weighted by Gasteiger charge is -2.12. The van der Waals surface area contributed by atoms with Gasteiger partial charge in [0.25, 0.3) is 0 Å². The van der Waals surface area contributed by atoms with Crippen LogP contribution in [0.2, 0.25) is 0 Å². The summed E-state index contributed by atoms with van der Waals surface area (Å²) in [5, 5.41) is 0. The molecule has 116 valence electrons. The molecule has 0 saturated heterocycles. The van der Waals surface area contributed by atoms with E-state index in [0.717, 1.165) is 24.8 Å². The first-order valence-corrected chi connectivity index (χ1v) is 7.61. The highest BCUT2D eigenvalue weighted by Crippen LogP contribution is 2.18. The zero-order valence-corrected chi connectivity index (χ0v) is 13.1. The molecule has 0 amide bonds. The molecule has 1 rings (SSSR count). The first-order valence-electron chi connectivity index (χ1n) is 7.61. The van der Waals surface area contributed by atoms with Crippen molar-refractivity contribution in [3.8, 4) is 0 Å². The number of hydrogen-bond acceptors (Lipinski definition) is 4. The first kappa shape index (κ1) is 17.2. The number of aryl methyl sites for hydroxylation is 1. The molecule has 21 heavy (non-hydrogen) atoms. The topological polar surface area (TPSA) is 52.6 Å². The maximum absolute atomic E-state index is 12.2. The van der Waals surface area contributed by atoms with Gasteiger partial charge in [-0.2, -0.15) is 0 Å². The molecule has 0 N–H and O–H groups in total. The van der Waals surface area contributed by atoms with E-state index in [9.17, 15) is 9.59 Å². The molecule has 0 heterocycles. The number of carbonyl (C=O) groups excluding carboxylic acids is 2. The normalized spacial score (nSPS) is 10.2. The highest BCUT2D eigenvalue weighted by Gasteiger charge is 2.22. The molecule has 0 aliphatic rings. The van der Waals surface area contributed by atoms with Crippen LogP contribution in [-0.2, 0) is 15.9 Å². The Morgan fingerprint density at radius 2 is 1.76 bits per heavy atom. The maximum Gasteiger partial charge on any atom is 0.339 e. The molecule has 0 fully saturated rings. The number of carbonyl (C=O) groups is 2. The third kappa shape index (κ3) is 4.88. The molecular weight excluding hydrogens is 268 g/mol.